The van der Waals surface area contributed by atoms with Gasteiger partial charge in [-0.05, 0) is 38.5 Å². The lowest BCUT2D eigenvalue weighted by Crippen LogP contribution is -2.48. The molecule has 1 aliphatic rings. The average Bonchev–Trinajstić information content (AvgIpc) is 2.75. The van der Waals surface area contributed by atoms with Crippen molar-refractivity contribution in [3.05, 3.63) is 28.5 Å². The van der Waals surface area contributed by atoms with Crippen LogP contribution in [0, 0.1) is 5.82 Å². The van der Waals surface area contributed by atoms with Crippen molar-refractivity contribution in [3.63, 3.8) is 0 Å². The third-order valence-electron chi connectivity index (χ3n) is 3.86. The van der Waals surface area contributed by atoms with Crippen LogP contribution in [-0.4, -0.2) is 46.0 Å². The Bertz CT molecular complexity index is 685. The second-order valence-corrected chi connectivity index (χ2v) is 6.54. The summed E-state index contributed by atoms with van der Waals surface area (Å²) < 4.78 is 14.2. The lowest BCUT2D eigenvalue weighted by atomic mass is 10.2. The Hall–Kier alpha value is -2.16. The summed E-state index contributed by atoms with van der Waals surface area (Å²) in [4.78, 5) is 36.6. The first-order valence-corrected chi connectivity index (χ1v) is 8.07. The molecule has 1 aromatic carbocycles. The number of likely N-dealkylation sites (tertiary alicyclic amines) is 1. The highest BCUT2D eigenvalue weighted by Crippen LogP contribution is 2.23. The summed E-state index contributed by atoms with van der Waals surface area (Å²) in [5, 5.41) is 13.8. The van der Waals surface area contributed by atoms with Gasteiger partial charge in [-0.25, -0.2) is 14.0 Å². The summed E-state index contributed by atoms with van der Waals surface area (Å²) in [6, 6.07) is 1.28. The SMILES string of the molecule is CC1C[C@H](NC(=O)Nc2ccc(Br)cc2F)C(=O)N1[C@@H](C)C(=O)O. The number of rotatable bonds is 4. The molecule has 3 atom stereocenters. The maximum Gasteiger partial charge on any atom is 0.326 e. The van der Waals surface area contributed by atoms with Crippen LogP contribution in [0.15, 0.2) is 22.7 Å². The molecule has 2 rings (SSSR count). The van der Waals surface area contributed by atoms with Gasteiger partial charge in [-0.3, -0.25) is 4.79 Å². The van der Waals surface area contributed by atoms with Crippen LogP contribution in [-0.2, 0) is 9.59 Å². The first kappa shape index (κ1) is 18.2. The molecule has 1 aromatic rings. The minimum absolute atomic E-state index is 0.0232. The summed E-state index contributed by atoms with van der Waals surface area (Å²) >= 11 is 3.11. The summed E-state index contributed by atoms with van der Waals surface area (Å²) in [7, 11) is 0. The Balaban J connectivity index is 2.02. The van der Waals surface area contributed by atoms with E-state index in [4.69, 9.17) is 5.11 Å². The maximum absolute atomic E-state index is 13.7. The van der Waals surface area contributed by atoms with Gasteiger partial charge in [0.05, 0.1) is 5.69 Å². The minimum atomic E-state index is -1.11. The number of carbonyl (C=O) groups is 3. The van der Waals surface area contributed by atoms with Gasteiger partial charge < -0.3 is 20.6 Å². The van der Waals surface area contributed by atoms with E-state index >= 15 is 0 Å². The predicted molar refractivity (Wildman–Crippen MR) is 88.1 cm³/mol. The van der Waals surface area contributed by atoms with Gasteiger partial charge in [0.1, 0.15) is 17.9 Å². The third-order valence-corrected chi connectivity index (χ3v) is 4.36. The lowest BCUT2D eigenvalue weighted by Gasteiger charge is -2.25. The smallest absolute Gasteiger partial charge is 0.326 e. The summed E-state index contributed by atoms with van der Waals surface area (Å²) in [6.07, 6.45) is 0.284. The third kappa shape index (κ3) is 3.84. The molecule has 0 spiro atoms. The number of hydrogen-bond donors (Lipinski definition) is 3. The Morgan fingerprint density at radius 3 is 2.71 bits per heavy atom. The molecule has 9 heteroatoms. The quantitative estimate of drug-likeness (QED) is 0.719. The van der Waals surface area contributed by atoms with E-state index in [1.54, 1.807) is 13.0 Å². The molecule has 0 radical (unpaired) electrons. The molecular weight excluding hydrogens is 385 g/mol. The molecule has 1 heterocycles. The molecule has 0 aliphatic carbocycles. The molecule has 7 nitrogen and oxygen atoms in total. The Morgan fingerprint density at radius 1 is 1.46 bits per heavy atom. The average molecular weight is 402 g/mol. The summed E-state index contributed by atoms with van der Waals surface area (Å²) in [5.41, 5.74) is -0.0232. The minimum Gasteiger partial charge on any atom is -0.480 e. The maximum atomic E-state index is 13.7. The standard InChI is InChI=1S/C15H17BrFN3O4/c1-7-5-12(13(21)20(7)8(2)14(22)23)19-15(24)18-11-4-3-9(16)6-10(11)17/h3-4,6-8,12H,5H2,1-2H3,(H,22,23)(H2,18,19,24)/t7?,8-,12-/m0/s1. The van der Waals surface area contributed by atoms with Crippen molar-refractivity contribution in [1.82, 2.24) is 10.2 Å². The van der Waals surface area contributed by atoms with Crippen LogP contribution < -0.4 is 10.6 Å². The van der Waals surface area contributed by atoms with Crippen LogP contribution in [0.4, 0.5) is 14.9 Å². The number of anilines is 1. The van der Waals surface area contributed by atoms with Crippen molar-refractivity contribution in [2.45, 2.75) is 38.4 Å². The zero-order valence-corrected chi connectivity index (χ0v) is 14.6. The highest BCUT2D eigenvalue weighted by molar-refractivity contribution is 9.10. The number of nitrogens with one attached hydrogen (secondary N) is 2. The van der Waals surface area contributed by atoms with Gasteiger partial charge in [0, 0.05) is 10.5 Å². The molecule has 1 unspecified atom stereocenters. The van der Waals surface area contributed by atoms with Gasteiger partial charge in [-0.1, -0.05) is 15.9 Å². The van der Waals surface area contributed by atoms with Crippen LogP contribution in [0.2, 0.25) is 0 Å². The van der Waals surface area contributed by atoms with Crippen LogP contribution in [0.25, 0.3) is 0 Å². The van der Waals surface area contributed by atoms with Gasteiger partial charge in [0.15, 0.2) is 0 Å². The van der Waals surface area contributed by atoms with Crippen molar-refractivity contribution in [3.8, 4) is 0 Å². The van der Waals surface area contributed by atoms with Gasteiger partial charge in [-0.2, -0.15) is 0 Å². The van der Waals surface area contributed by atoms with E-state index in [1.165, 1.54) is 24.0 Å². The zero-order chi connectivity index (χ0) is 18.0. The number of carbonyl (C=O) groups excluding carboxylic acids is 2. The highest BCUT2D eigenvalue weighted by atomic mass is 79.9. The van der Waals surface area contributed by atoms with Crippen molar-refractivity contribution in [1.29, 1.82) is 0 Å². The van der Waals surface area contributed by atoms with E-state index < -0.39 is 35.8 Å². The van der Waals surface area contributed by atoms with E-state index in [1.807, 2.05) is 0 Å². The van der Waals surface area contributed by atoms with Gasteiger partial charge >= 0.3 is 12.0 Å². The topological polar surface area (TPSA) is 98.7 Å². The number of amides is 3. The molecular formula is C15H17BrFN3O4. The van der Waals surface area contributed by atoms with Crippen LogP contribution in [0.1, 0.15) is 20.3 Å². The summed E-state index contributed by atoms with van der Waals surface area (Å²) in [6.45, 7) is 3.13. The molecule has 130 valence electrons. The van der Waals surface area contributed by atoms with Crippen LogP contribution in [0.5, 0.6) is 0 Å². The van der Waals surface area contributed by atoms with Gasteiger partial charge in [0.25, 0.3) is 0 Å². The second kappa shape index (κ2) is 7.16. The van der Waals surface area contributed by atoms with E-state index in [9.17, 15) is 18.8 Å². The summed E-state index contributed by atoms with van der Waals surface area (Å²) in [5.74, 6) is -2.20. The van der Waals surface area contributed by atoms with E-state index in [-0.39, 0.29) is 18.2 Å². The fourth-order valence-corrected chi connectivity index (χ4v) is 3.01. The molecule has 0 bridgehead atoms. The number of hydrogen-bond acceptors (Lipinski definition) is 3. The van der Waals surface area contributed by atoms with Crippen molar-refractivity contribution in [2.24, 2.45) is 0 Å². The zero-order valence-electron chi connectivity index (χ0n) is 13.0. The molecule has 0 aromatic heterocycles. The molecule has 3 N–H and O–H groups in total. The fourth-order valence-electron chi connectivity index (χ4n) is 2.67. The first-order valence-electron chi connectivity index (χ1n) is 7.28. The van der Waals surface area contributed by atoms with Crippen molar-refractivity contribution >= 4 is 39.5 Å². The number of halogens is 2. The monoisotopic (exact) mass is 401 g/mol. The largest absolute Gasteiger partial charge is 0.480 e. The normalized spacial score (nSPS) is 21.5. The molecule has 1 fully saturated rings. The van der Waals surface area contributed by atoms with E-state index in [2.05, 4.69) is 26.6 Å². The number of benzene rings is 1. The molecule has 3 amide bonds. The number of carboxylic acid groups (broad SMARTS) is 1. The van der Waals surface area contributed by atoms with Gasteiger partial charge in [-0.15, -0.1) is 0 Å². The van der Waals surface area contributed by atoms with Crippen LogP contribution >= 0.6 is 15.9 Å². The second-order valence-electron chi connectivity index (χ2n) is 5.62. The first-order chi connectivity index (χ1) is 11.2. The van der Waals surface area contributed by atoms with Gasteiger partial charge in [0.2, 0.25) is 5.91 Å². The molecule has 24 heavy (non-hydrogen) atoms. The van der Waals surface area contributed by atoms with E-state index in [0.29, 0.717) is 4.47 Å². The number of urea groups is 1. The fraction of sp³-hybridized carbons (Fsp3) is 0.400. The number of nitrogens with zero attached hydrogens (tertiary/aromatic N) is 1. The number of aliphatic carboxylic acids is 1. The molecule has 1 saturated heterocycles. The Kier molecular flexibility index (Phi) is 5.43. The van der Waals surface area contributed by atoms with E-state index in [0.717, 1.165) is 0 Å². The molecule has 0 saturated carbocycles. The number of carboxylic acids is 1. The van der Waals surface area contributed by atoms with Crippen LogP contribution in [0.3, 0.4) is 0 Å². The predicted octanol–water partition coefficient (Wildman–Crippen LogP) is 2.17. The van der Waals surface area contributed by atoms with Crippen molar-refractivity contribution < 1.29 is 23.9 Å². The van der Waals surface area contributed by atoms with Crippen molar-refractivity contribution in [2.75, 3.05) is 5.32 Å². The Morgan fingerprint density at radius 2 is 2.12 bits per heavy atom. The lowest BCUT2D eigenvalue weighted by molar-refractivity contribution is -0.149. The Labute approximate surface area is 146 Å². The highest BCUT2D eigenvalue weighted by Gasteiger charge is 2.42. The molecule has 1 aliphatic heterocycles.